The first-order valence-electron chi connectivity index (χ1n) is 7.31. The Hall–Kier alpha value is -2.21. The summed E-state index contributed by atoms with van der Waals surface area (Å²) < 4.78 is 14.3. The molecule has 0 fully saturated rings. The minimum absolute atomic E-state index is 0.00746. The van der Waals surface area contributed by atoms with Gasteiger partial charge >= 0.3 is 7.75 Å². The molecule has 1 aromatic carbocycles. The number of phenols is 1. The van der Waals surface area contributed by atoms with Crippen LogP contribution in [0.4, 0.5) is 0 Å². The lowest BCUT2D eigenvalue weighted by Crippen LogP contribution is -2.16. The average molecular weight is 351 g/mol. The summed E-state index contributed by atoms with van der Waals surface area (Å²) in [6.45, 7) is 0. The first-order valence-corrected chi connectivity index (χ1v) is 8.88. The molecule has 7 nitrogen and oxygen atoms in total. The number of phenolic OH excluding ortho intramolecular Hbond substituents is 1. The molecule has 4 N–H and O–H groups in total. The van der Waals surface area contributed by atoms with E-state index in [0.29, 0.717) is 12.8 Å². The maximum Gasteiger partial charge on any atom is 0.448 e. The summed E-state index contributed by atoms with van der Waals surface area (Å²) in [4.78, 5) is 30.2. The lowest BCUT2D eigenvalue weighted by molar-refractivity contribution is -0.115. The number of carbonyl (C=O) groups is 1. The second-order valence-electron chi connectivity index (χ2n) is 5.39. The lowest BCUT2D eigenvalue weighted by Gasteiger charge is -2.13. The normalized spacial score (nSPS) is 16.7. The Balaban J connectivity index is 2.03. The number of hydrogen-bond acceptors (Lipinski definition) is 4. The summed E-state index contributed by atoms with van der Waals surface area (Å²) in [7, 11) is -4.65. The van der Waals surface area contributed by atoms with Crippen molar-refractivity contribution >= 4 is 19.2 Å². The largest absolute Gasteiger partial charge is 0.508 e. The molecule has 0 bridgehead atoms. The molecule has 0 heterocycles. The molecule has 128 valence electrons. The molecule has 0 saturated carbocycles. The van der Waals surface area contributed by atoms with E-state index in [0.717, 1.165) is 5.56 Å². The molecule has 24 heavy (non-hydrogen) atoms. The van der Waals surface area contributed by atoms with Crippen LogP contribution in [0.3, 0.4) is 0 Å². The van der Waals surface area contributed by atoms with Crippen LogP contribution in [-0.4, -0.2) is 31.5 Å². The molecule has 0 spiro atoms. The van der Waals surface area contributed by atoms with Crippen molar-refractivity contribution in [2.24, 2.45) is 4.76 Å². The zero-order valence-electron chi connectivity index (χ0n) is 12.8. The quantitative estimate of drug-likeness (QED) is 0.583. The van der Waals surface area contributed by atoms with Gasteiger partial charge in [0, 0.05) is 18.4 Å². The number of nitrogens with zero attached hydrogens (tertiary/aromatic N) is 1. The van der Waals surface area contributed by atoms with E-state index in [-0.39, 0.29) is 41.4 Å². The van der Waals surface area contributed by atoms with E-state index < -0.39 is 7.75 Å². The van der Waals surface area contributed by atoms with Gasteiger partial charge in [0.1, 0.15) is 11.5 Å². The van der Waals surface area contributed by atoms with Crippen molar-refractivity contribution in [3.63, 3.8) is 0 Å². The lowest BCUT2D eigenvalue weighted by atomic mass is 9.94. The maximum atomic E-state index is 12.3. The fourth-order valence-corrected chi connectivity index (χ4v) is 2.85. The van der Waals surface area contributed by atoms with E-state index in [4.69, 9.17) is 9.79 Å². The number of Topliss-reactive ketones (excluding diaryl/α,β-unsaturated/α-hetero) is 1. The van der Waals surface area contributed by atoms with Crippen LogP contribution < -0.4 is 0 Å². The van der Waals surface area contributed by atoms with Gasteiger partial charge in [0.25, 0.3) is 0 Å². The first-order chi connectivity index (χ1) is 11.2. The minimum atomic E-state index is -4.65. The van der Waals surface area contributed by atoms with E-state index in [1.165, 1.54) is 12.2 Å². The Labute approximate surface area is 138 Å². The third-order valence-corrected chi connectivity index (χ3v) is 3.97. The van der Waals surface area contributed by atoms with E-state index in [1.807, 2.05) is 0 Å². The highest BCUT2D eigenvalue weighted by molar-refractivity contribution is 7.50. The van der Waals surface area contributed by atoms with Gasteiger partial charge in [0.15, 0.2) is 5.78 Å². The molecule has 0 unspecified atom stereocenters. The Kier molecular flexibility index (Phi) is 5.72. The van der Waals surface area contributed by atoms with Gasteiger partial charge in [-0.2, -0.15) is 4.76 Å². The van der Waals surface area contributed by atoms with Crippen LogP contribution >= 0.6 is 7.75 Å². The highest BCUT2D eigenvalue weighted by atomic mass is 31.2. The van der Waals surface area contributed by atoms with Crippen molar-refractivity contribution in [2.75, 3.05) is 0 Å². The van der Waals surface area contributed by atoms with Gasteiger partial charge in [-0.25, -0.2) is 4.57 Å². The summed E-state index contributed by atoms with van der Waals surface area (Å²) in [5.41, 5.74) is 0.977. The van der Waals surface area contributed by atoms with Crippen molar-refractivity contribution in [1.29, 1.82) is 0 Å². The van der Waals surface area contributed by atoms with Gasteiger partial charge < -0.3 is 20.0 Å². The number of aliphatic hydroxyl groups is 1. The average Bonchev–Trinajstić information content (AvgIpc) is 2.49. The van der Waals surface area contributed by atoms with E-state index in [1.54, 1.807) is 24.3 Å². The summed E-state index contributed by atoms with van der Waals surface area (Å²) >= 11 is 0. The zero-order valence-corrected chi connectivity index (χ0v) is 13.7. The third kappa shape index (κ3) is 5.45. The Bertz CT molecular complexity index is 757. The number of benzene rings is 1. The second-order valence-corrected chi connectivity index (χ2v) is 6.62. The van der Waals surface area contributed by atoms with Crippen molar-refractivity contribution in [3.05, 3.63) is 53.3 Å². The van der Waals surface area contributed by atoms with Gasteiger partial charge in [-0.3, -0.25) is 4.79 Å². The molecule has 0 aliphatic heterocycles. The van der Waals surface area contributed by atoms with E-state index in [2.05, 4.69) is 4.76 Å². The Morgan fingerprint density at radius 1 is 1.17 bits per heavy atom. The predicted molar refractivity (Wildman–Crippen MR) is 88.9 cm³/mol. The molecular weight excluding hydrogens is 333 g/mol. The maximum absolute atomic E-state index is 12.3. The number of carbonyl (C=O) groups excluding carboxylic acids is 1. The Morgan fingerprint density at radius 3 is 2.46 bits per heavy atom. The van der Waals surface area contributed by atoms with Crippen molar-refractivity contribution < 1.29 is 29.4 Å². The van der Waals surface area contributed by atoms with Crippen LogP contribution in [0.1, 0.15) is 24.8 Å². The monoisotopic (exact) mass is 351 g/mol. The first kappa shape index (κ1) is 18.1. The number of rotatable bonds is 6. The molecule has 0 aromatic heterocycles. The molecule has 1 aromatic rings. The molecule has 8 heteroatoms. The number of hydrogen-bond donors (Lipinski definition) is 4. The number of allylic oxidation sites excluding steroid dienone is 3. The third-order valence-electron chi connectivity index (χ3n) is 3.46. The van der Waals surface area contributed by atoms with Crippen LogP contribution in [0.25, 0.3) is 0 Å². The van der Waals surface area contributed by atoms with Crippen LogP contribution in [0.5, 0.6) is 5.75 Å². The van der Waals surface area contributed by atoms with Gasteiger partial charge in [-0.05, 0) is 42.7 Å². The fraction of sp³-hybridized carbons (Fsp3) is 0.250. The summed E-state index contributed by atoms with van der Waals surface area (Å²) in [6, 6.07) is 6.65. The molecule has 0 saturated heterocycles. The zero-order chi connectivity index (χ0) is 17.7. The Morgan fingerprint density at radius 2 is 1.83 bits per heavy atom. The van der Waals surface area contributed by atoms with E-state index in [9.17, 15) is 19.6 Å². The molecule has 1 aliphatic carbocycles. The molecule has 0 radical (unpaired) electrons. The van der Waals surface area contributed by atoms with Gasteiger partial charge in [-0.15, -0.1) is 0 Å². The van der Waals surface area contributed by atoms with Crippen molar-refractivity contribution in [1.82, 2.24) is 0 Å². The molecule has 0 atom stereocenters. The van der Waals surface area contributed by atoms with E-state index >= 15 is 0 Å². The fourth-order valence-electron chi connectivity index (χ4n) is 2.35. The topological polar surface area (TPSA) is 127 Å². The van der Waals surface area contributed by atoms with Gasteiger partial charge in [-0.1, -0.05) is 12.1 Å². The molecule has 0 amide bonds. The van der Waals surface area contributed by atoms with Crippen LogP contribution in [0.15, 0.2) is 52.5 Å². The van der Waals surface area contributed by atoms with Crippen molar-refractivity contribution in [3.8, 4) is 5.75 Å². The minimum Gasteiger partial charge on any atom is -0.508 e. The number of ketones is 1. The number of aromatic hydroxyl groups is 1. The van der Waals surface area contributed by atoms with Crippen molar-refractivity contribution in [2.45, 2.75) is 25.7 Å². The van der Waals surface area contributed by atoms with Crippen LogP contribution in [0, 0.1) is 0 Å². The summed E-state index contributed by atoms with van der Waals surface area (Å²) in [6.07, 6.45) is 3.80. The summed E-state index contributed by atoms with van der Waals surface area (Å²) in [5, 5.41) is 18.8. The highest BCUT2D eigenvalue weighted by Gasteiger charge is 2.22. The van der Waals surface area contributed by atoms with Crippen LogP contribution in [-0.2, 0) is 15.8 Å². The van der Waals surface area contributed by atoms with Crippen LogP contribution in [0.2, 0.25) is 0 Å². The molecular formula is C16H18NO6P. The number of aryl methyl sites for hydroxylation is 1. The molecule has 2 rings (SSSR count). The number of aliphatic hydroxyl groups excluding tert-OH is 1. The molecule has 1 aliphatic rings. The smallest absolute Gasteiger partial charge is 0.448 e. The SMILES string of the molecule is O=C(CCCc1ccc(O)cc1)C1=CC(O)=CCC1=NP(=O)(O)O. The van der Waals surface area contributed by atoms with Gasteiger partial charge in [0.2, 0.25) is 0 Å². The predicted octanol–water partition coefficient (Wildman–Crippen LogP) is 2.59. The second kappa shape index (κ2) is 7.57. The highest BCUT2D eigenvalue weighted by Crippen LogP contribution is 2.38. The van der Waals surface area contributed by atoms with Gasteiger partial charge in [0.05, 0.1) is 5.71 Å². The standard InChI is InChI=1S/C16H18NO6P/c18-12-6-4-11(5-7-12)2-1-3-16(20)14-10-13(19)8-9-15(14)17-24(21,22)23/h4-8,10,18-19H,1-3,9H2,(H2,21,22,23). The summed E-state index contributed by atoms with van der Waals surface area (Å²) in [5.74, 6) is -0.287.